The second kappa shape index (κ2) is 22.2. The standard InChI is InChI=1S/C32H12BF24.C23H24NO/c34-25(35,36)13-1-14(26(37,38)39)6-21(5-13)33(22-7-15(27(40,41)42)2-16(8-22)28(43,44)45,23-9-17(29(46,47)48)3-18(10-23)30(49,50)51)24-11-19(31(52,53)54)4-20(12-24)32(55,56)57;25-23(20-12-5-2-6-13-20)17-24-21-14-8-7-11-19(21)15-16-22(24)18-9-3-1-4-10-18/h1-12H;2,5-8,11-16,18H,1,3-4,9-10,17H2/q-1;+1. The molecule has 6 aromatic carbocycles. The van der Waals surface area contributed by atoms with Crippen LogP contribution in [0.4, 0.5) is 105 Å². The molecule has 7 aromatic rings. The van der Waals surface area contributed by atoms with Crippen molar-refractivity contribution in [3.63, 3.8) is 0 Å². The molecule has 438 valence electrons. The van der Waals surface area contributed by atoms with Crippen molar-refractivity contribution >= 4 is 44.7 Å². The number of carbonyl (C=O) groups excluding carboxylic acids is 1. The topological polar surface area (TPSA) is 20.9 Å². The zero-order valence-electron chi connectivity index (χ0n) is 41.1. The summed E-state index contributed by atoms with van der Waals surface area (Å²) in [5.74, 6) is 0.751. The highest BCUT2D eigenvalue weighted by Crippen LogP contribution is 2.42. The van der Waals surface area contributed by atoms with E-state index in [1.165, 1.54) is 43.2 Å². The van der Waals surface area contributed by atoms with Gasteiger partial charge in [0.15, 0.2) is 5.69 Å². The summed E-state index contributed by atoms with van der Waals surface area (Å²) in [6.07, 6.45) is -48.4. The summed E-state index contributed by atoms with van der Waals surface area (Å²) in [5.41, 5.74) is -26.9. The van der Waals surface area contributed by atoms with E-state index in [2.05, 4.69) is 41.0 Å². The monoisotopic (exact) mass is 1190 g/mol. The first-order valence-corrected chi connectivity index (χ1v) is 23.9. The van der Waals surface area contributed by atoms with E-state index in [1.807, 2.05) is 30.3 Å². The summed E-state index contributed by atoms with van der Waals surface area (Å²) in [6, 6.07) is 13.7. The summed E-state index contributed by atoms with van der Waals surface area (Å²) in [4.78, 5) is 12.9. The molecule has 1 aromatic heterocycles. The van der Waals surface area contributed by atoms with Gasteiger partial charge in [0.25, 0.3) is 0 Å². The third-order valence-electron chi connectivity index (χ3n) is 13.8. The molecule has 1 aliphatic rings. The molecule has 8 rings (SSSR count). The van der Waals surface area contributed by atoms with Crippen molar-refractivity contribution in [1.82, 2.24) is 0 Å². The minimum atomic E-state index is -6.13. The van der Waals surface area contributed by atoms with Crippen LogP contribution in [0.5, 0.6) is 0 Å². The highest BCUT2D eigenvalue weighted by atomic mass is 19.4. The summed E-state index contributed by atoms with van der Waals surface area (Å²) in [7, 11) is 0. The molecule has 0 bridgehead atoms. The zero-order valence-corrected chi connectivity index (χ0v) is 41.1. The van der Waals surface area contributed by atoms with Gasteiger partial charge in [-0.3, -0.25) is 4.79 Å². The lowest BCUT2D eigenvalue weighted by Crippen LogP contribution is -2.75. The number of aromatic nitrogens is 1. The molecule has 0 N–H and O–H groups in total. The van der Waals surface area contributed by atoms with Crippen LogP contribution in [-0.2, 0) is 56.0 Å². The Morgan fingerprint density at radius 1 is 0.366 bits per heavy atom. The van der Waals surface area contributed by atoms with Crippen LogP contribution in [0.15, 0.2) is 140 Å². The summed E-state index contributed by atoms with van der Waals surface area (Å²) in [6.45, 7) is 0.414. The predicted octanol–water partition coefficient (Wildman–Crippen LogP) is 16.3. The van der Waals surface area contributed by atoms with Gasteiger partial charge in [0.2, 0.25) is 17.8 Å². The van der Waals surface area contributed by atoms with Crippen LogP contribution < -0.4 is 26.4 Å². The van der Waals surface area contributed by atoms with E-state index in [0.717, 1.165) is 11.1 Å². The largest absolute Gasteiger partial charge is 0.416 e. The molecule has 1 heterocycles. The first kappa shape index (κ1) is 62.4. The third-order valence-corrected chi connectivity index (χ3v) is 13.8. The van der Waals surface area contributed by atoms with Crippen molar-refractivity contribution < 1.29 is 115 Å². The average Bonchev–Trinajstić information content (AvgIpc) is 1.22. The first-order chi connectivity index (χ1) is 37.6. The van der Waals surface area contributed by atoms with E-state index in [0.29, 0.717) is 12.5 Å². The van der Waals surface area contributed by atoms with Crippen LogP contribution in [0.2, 0.25) is 0 Å². The number of benzene rings is 6. The predicted molar refractivity (Wildman–Crippen MR) is 251 cm³/mol. The first-order valence-electron chi connectivity index (χ1n) is 23.9. The Morgan fingerprint density at radius 3 is 0.963 bits per heavy atom. The quantitative estimate of drug-likeness (QED) is 0.0643. The number of nitrogens with zero attached hydrogens (tertiary/aromatic N) is 1. The lowest BCUT2D eigenvalue weighted by molar-refractivity contribution is -0.666. The van der Waals surface area contributed by atoms with E-state index in [9.17, 15) is 110 Å². The van der Waals surface area contributed by atoms with Crippen molar-refractivity contribution in [2.24, 2.45) is 0 Å². The number of pyridine rings is 1. The van der Waals surface area contributed by atoms with Gasteiger partial charge < -0.3 is 0 Å². The second-order valence-corrected chi connectivity index (χ2v) is 19.3. The van der Waals surface area contributed by atoms with Crippen molar-refractivity contribution in [3.05, 3.63) is 195 Å². The maximum Gasteiger partial charge on any atom is 0.416 e. The molecule has 0 unspecified atom stereocenters. The van der Waals surface area contributed by atoms with Gasteiger partial charge in [-0.15, -0.1) is 0 Å². The fourth-order valence-electron chi connectivity index (χ4n) is 10.1. The minimum absolute atomic E-state index is 0.180. The number of rotatable bonds is 8. The number of para-hydroxylation sites is 1. The van der Waals surface area contributed by atoms with Crippen molar-refractivity contribution in [2.45, 2.75) is 94.0 Å². The number of hydrogen-bond donors (Lipinski definition) is 0. The van der Waals surface area contributed by atoms with Gasteiger partial charge in [0.05, 0.1) is 44.5 Å². The Morgan fingerprint density at radius 2 is 0.659 bits per heavy atom. The van der Waals surface area contributed by atoms with E-state index in [1.54, 1.807) is 0 Å². The Balaban J connectivity index is 0.000000318. The molecular weight excluding hydrogens is 1160 g/mol. The molecule has 1 fully saturated rings. The smallest absolute Gasteiger partial charge is 0.287 e. The molecule has 0 aliphatic heterocycles. The zero-order chi connectivity index (χ0) is 61.0. The van der Waals surface area contributed by atoms with Gasteiger partial charge >= 0.3 is 49.4 Å². The number of alkyl halides is 24. The van der Waals surface area contributed by atoms with Crippen LogP contribution in [-0.4, -0.2) is 11.9 Å². The molecule has 1 aliphatic carbocycles. The normalized spacial score (nSPS) is 14.6. The number of Topliss-reactive ketones (excluding diaryl/α,β-unsaturated/α-hetero) is 1. The van der Waals surface area contributed by atoms with Crippen molar-refractivity contribution in [3.8, 4) is 0 Å². The molecular formula is C55H36BF24NO. The number of fused-ring (bicyclic) bond motifs is 1. The Kier molecular flexibility index (Phi) is 16.9. The van der Waals surface area contributed by atoms with Crippen molar-refractivity contribution in [1.29, 1.82) is 0 Å². The molecule has 0 atom stereocenters. The lowest BCUT2D eigenvalue weighted by Gasteiger charge is -2.46. The van der Waals surface area contributed by atoms with Crippen molar-refractivity contribution in [2.75, 3.05) is 0 Å². The maximum atomic E-state index is 14.2. The SMILES string of the molecule is FC(F)(F)c1cc([B-](c2cc(C(F)(F)F)cc(C(F)(F)F)c2)(c2cc(C(F)(F)F)cc(C(F)(F)F)c2)c2cc(C(F)(F)F)cc(C(F)(F)F)c2)cc(C(F)(F)F)c1.O=C(C[n+]1c(C2CCCCC2)ccc2ccccc21)c1ccccc1. The fourth-order valence-corrected chi connectivity index (χ4v) is 10.1. The van der Waals surface area contributed by atoms with Gasteiger partial charge in [-0.1, -0.05) is 110 Å². The number of hydrogen-bond acceptors (Lipinski definition) is 1. The number of ketones is 1. The number of halogens is 24. The van der Waals surface area contributed by atoms with E-state index >= 15 is 0 Å². The van der Waals surface area contributed by atoms with Gasteiger partial charge in [0, 0.05) is 29.0 Å². The fraction of sp³-hybridized carbons (Fsp3) is 0.273. The second-order valence-electron chi connectivity index (χ2n) is 19.3. The van der Waals surface area contributed by atoms with E-state index in [-0.39, 0.29) is 5.78 Å². The molecule has 0 amide bonds. The number of carbonyl (C=O) groups is 1. The van der Waals surface area contributed by atoms with Crippen LogP contribution >= 0.6 is 0 Å². The van der Waals surface area contributed by atoms with E-state index in [4.69, 9.17) is 0 Å². The lowest BCUT2D eigenvalue weighted by atomic mass is 9.12. The molecule has 2 nitrogen and oxygen atoms in total. The van der Waals surface area contributed by atoms with Gasteiger partial charge in [-0.05, 0) is 49.2 Å². The van der Waals surface area contributed by atoms with Crippen LogP contribution in [0.3, 0.4) is 0 Å². The molecule has 0 spiro atoms. The van der Waals surface area contributed by atoms with Crippen LogP contribution in [0, 0.1) is 0 Å². The highest BCUT2D eigenvalue weighted by Gasteiger charge is 2.47. The van der Waals surface area contributed by atoms with Gasteiger partial charge in [0.1, 0.15) is 6.15 Å². The highest BCUT2D eigenvalue weighted by molar-refractivity contribution is 7.20. The summed E-state index contributed by atoms with van der Waals surface area (Å²) >= 11 is 0. The van der Waals surface area contributed by atoms with Crippen LogP contribution in [0.1, 0.15) is 98.6 Å². The third kappa shape index (κ3) is 13.8. The maximum absolute atomic E-state index is 14.2. The Labute approximate surface area is 447 Å². The van der Waals surface area contributed by atoms with Gasteiger partial charge in [-0.25, -0.2) is 0 Å². The van der Waals surface area contributed by atoms with E-state index < -0.39 is 195 Å². The average molecular weight is 1190 g/mol. The minimum Gasteiger partial charge on any atom is -0.287 e. The molecule has 1 saturated carbocycles. The molecule has 27 heteroatoms. The van der Waals surface area contributed by atoms with Crippen LogP contribution in [0.25, 0.3) is 10.9 Å². The summed E-state index contributed by atoms with van der Waals surface area (Å²) in [5, 5.41) is 1.20. The Hall–Kier alpha value is -7.22. The molecule has 0 saturated heterocycles. The van der Waals surface area contributed by atoms with Gasteiger partial charge in [-0.2, -0.15) is 132 Å². The molecule has 82 heavy (non-hydrogen) atoms. The summed E-state index contributed by atoms with van der Waals surface area (Å²) < 4.78 is 343. The molecule has 0 radical (unpaired) electrons. The Bertz CT molecular complexity index is 3010.